The van der Waals surface area contributed by atoms with Gasteiger partial charge in [0.15, 0.2) is 0 Å². The van der Waals surface area contributed by atoms with E-state index in [2.05, 4.69) is 156 Å². The van der Waals surface area contributed by atoms with E-state index in [1.807, 2.05) is 196 Å². The number of aromatic nitrogens is 6. The first-order valence-electron chi connectivity index (χ1n) is 41.0. The van der Waals surface area contributed by atoms with Crippen molar-refractivity contribution in [3.63, 3.8) is 0 Å². The van der Waals surface area contributed by atoms with E-state index in [0.29, 0.717) is 47.2 Å². The Morgan fingerprint density at radius 3 is 1.13 bits per heavy atom. The highest BCUT2D eigenvalue weighted by molar-refractivity contribution is 6.67. The number of hydrogen-bond donors (Lipinski definition) is 1. The molecular formula is C103H84ClN17O6. The Bertz CT molecular complexity index is 6760. The number of aryl methyl sites for hydroxylation is 3. The molecule has 0 spiro atoms. The summed E-state index contributed by atoms with van der Waals surface area (Å²) in [6.45, 7) is 6.60. The van der Waals surface area contributed by atoms with Crippen LogP contribution in [0, 0.1) is 43.4 Å². The quantitative estimate of drug-likeness (QED) is 0.0740. The van der Waals surface area contributed by atoms with E-state index in [1.54, 1.807) is 73.8 Å². The van der Waals surface area contributed by atoms with E-state index < -0.39 is 17.3 Å². The molecule has 0 fully saturated rings. The molecule has 12 aromatic carbocycles. The number of nitrogens with one attached hydrogen (secondary N) is 1. The Morgan fingerprint density at radius 2 is 0.748 bits per heavy atom. The first-order chi connectivity index (χ1) is 62.0. The number of halogens is 1. The predicted molar refractivity (Wildman–Crippen MR) is 493 cm³/mol. The Morgan fingerprint density at radius 1 is 0.386 bits per heavy atom. The van der Waals surface area contributed by atoms with Crippen molar-refractivity contribution >= 4 is 51.5 Å². The van der Waals surface area contributed by atoms with Crippen LogP contribution in [0.3, 0.4) is 0 Å². The van der Waals surface area contributed by atoms with Crippen molar-refractivity contribution in [3.8, 4) is 80.2 Å². The molecule has 4 aliphatic heterocycles. The highest BCUT2D eigenvalue weighted by atomic mass is 35.5. The summed E-state index contributed by atoms with van der Waals surface area (Å²) in [7, 11) is 4.95. The van der Waals surface area contributed by atoms with Crippen LogP contribution in [0.25, 0.3) is 50.8 Å². The van der Waals surface area contributed by atoms with Crippen molar-refractivity contribution in [2.75, 3.05) is 27.9 Å². The number of hydrazone groups is 3. The van der Waals surface area contributed by atoms with Crippen LogP contribution in [0.1, 0.15) is 135 Å². The summed E-state index contributed by atoms with van der Waals surface area (Å²) in [5, 5.41) is 61.8. The van der Waals surface area contributed by atoms with Crippen LogP contribution in [0.5, 0.6) is 17.2 Å². The zero-order valence-electron chi connectivity index (χ0n) is 70.2. The number of benzene rings is 12. The minimum atomic E-state index is -0.540. The maximum Gasteiger partial charge on any atom is 0.274 e. The number of amides is 2. The summed E-state index contributed by atoms with van der Waals surface area (Å²) >= 11 is 5.18. The van der Waals surface area contributed by atoms with E-state index in [9.17, 15) is 19.6 Å². The second-order valence-electron chi connectivity index (χ2n) is 30.4. The number of methoxy groups -OCH3 is 3. The van der Waals surface area contributed by atoms with E-state index in [4.69, 9.17) is 56.6 Å². The third-order valence-electron chi connectivity index (χ3n) is 22.0. The van der Waals surface area contributed by atoms with Gasteiger partial charge in [-0.1, -0.05) is 174 Å². The maximum absolute atomic E-state index is 14.3. The molecule has 3 aromatic heterocycles. The largest absolute Gasteiger partial charge is 0.497 e. The van der Waals surface area contributed by atoms with E-state index in [-0.39, 0.29) is 17.9 Å². The average Bonchev–Trinajstić information content (AvgIpc) is 1.62. The van der Waals surface area contributed by atoms with Crippen LogP contribution >= 0.6 is 11.6 Å². The fourth-order valence-corrected chi connectivity index (χ4v) is 15.2. The first-order valence-corrected chi connectivity index (χ1v) is 41.4. The molecule has 3 atom stereocenters. The molecule has 4 aliphatic rings. The van der Waals surface area contributed by atoms with E-state index >= 15 is 0 Å². The van der Waals surface area contributed by atoms with Crippen molar-refractivity contribution < 1.29 is 28.6 Å². The van der Waals surface area contributed by atoms with Crippen LogP contribution in [-0.2, 0) is 0 Å². The number of nitrogens with zero attached hydrogens (tertiary/aromatic N) is 16. The van der Waals surface area contributed by atoms with Gasteiger partial charge in [0.05, 0.1) is 120 Å². The lowest BCUT2D eigenvalue weighted by Gasteiger charge is -2.22. The minimum Gasteiger partial charge on any atom is -0.497 e. The maximum atomic E-state index is 14.3. The molecule has 19 rings (SSSR count). The SMILES string of the molecule is COc1ccc(C2=NN(C(=O)c3cccc(C#N)c3)C(c3cn(-c4ccccc4)nc3-c3ccc(C)cc3)C2)cc1.COc1ccc(C2=NN(C(=O)c3cccc(C4=NN=NC4)c3)C(c3cn(-c4ccccc4)nc3-c3ccc(C)cc3)C2)cc1.COc1ccc(C2=NNC(c3cn(-c4ccccc4)nc3-c3ccc(C)cc3)C2)cc1.N#Cc1cccc(C(=O)Cl)c1. The zero-order chi connectivity index (χ0) is 87.9. The van der Waals surface area contributed by atoms with E-state index in [1.165, 1.54) is 11.6 Å². The number of hydrogen-bond acceptors (Lipinski definition) is 18. The lowest BCUT2D eigenvalue weighted by molar-refractivity contribution is 0.0704. The number of carbonyl (C=O) groups excluding carboxylic acids is 3. The lowest BCUT2D eigenvalue weighted by atomic mass is 9.95. The molecule has 3 unspecified atom stereocenters. The molecule has 24 heteroatoms. The summed E-state index contributed by atoms with van der Waals surface area (Å²) < 4.78 is 21.7. The molecular weight excluding hydrogens is 1610 g/mol. The number of carbonyl (C=O) groups is 3. The van der Waals surface area contributed by atoms with Crippen LogP contribution in [0.2, 0.25) is 0 Å². The highest BCUT2D eigenvalue weighted by Crippen LogP contribution is 2.43. The smallest absolute Gasteiger partial charge is 0.274 e. The second-order valence-corrected chi connectivity index (χ2v) is 30.7. The van der Waals surface area contributed by atoms with Crippen molar-refractivity contribution in [3.05, 3.63) is 411 Å². The predicted octanol–water partition coefficient (Wildman–Crippen LogP) is 21.0. The highest BCUT2D eigenvalue weighted by Gasteiger charge is 2.39. The number of rotatable bonds is 19. The van der Waals surface area contributed by atoms with Crippen molar-refractivity contribution in [1.29, 1.82) is 10.5 Å². The molecule has 2 amide bonds. The normalized spacial score (nSPS) is 14.6. The molecule has 0 saturated carbocycles. The molecule has 624 valence electrons. The van der Waals surface area contributed by atoms with Crippen LogP contribution in [-0.4, -0.2) is 107 Å². The van der Waals surface area contributed by atoms with Gasteiger partial charge >= 0.3 is 0 Å². The molecule has 0 bridgehead atoms. The average molecular weight is 1690 g/mol. The molecule has 0 radical (unpaired) electrons. The number of para-hydroxylation sites is 3. The standard InChI is InChI=1S/C35H29N7O2.C34H27N5O2.C26H24N4O.C8H4ClNO/c1-23-11-13-25(14-12-23)34-30(22-41(39-34)28-9-4-3-5-10-28)33-20-31(24-15-17-29(44-2)18-16-24)38-42(33)35(43)27-8-6-7-26(19-27)32-21-36-40-37-32;1-23-11-13-26(14-12-23)33-30(22-38(37-33)28-9-4-3-5-10-28)32-20-31(25-15-17-29(41-2)18-16-25)36-39(32)34(40)27-8-6-7-24(19-27)21-35;1-18-8-10-20(11-9-18)26-23(17-30(29-26)21-6-4-3-5-7-21)25-16-24(27-28-25)19-12-14-22(31-2)15-13-19;9-8(11)7-3-1-2-6(4-7)5-10/h3-19,22,33H,20-21H2,1-2H3;3-19,22,32H,20H2,1-2H3;3-15,17,25,28H,16H2,1-2H3;1-4H. The molecule has 127 heavy (non-hydrogen) atoms. The van der Waals surface area contributed by atoms with Gasteiger partial charge in [-0.3, -0.25) is 14.4 Å². The summed E-state index contributed by atoms with van der Waals surface area (Å²) in [5.41, 5.74) is 27.5. The molecule has 0 aliphatic carbocycles. The van der Waals surface area contributed by atoms with Gasteiger partial charge in [0, 0.05) is 93.5 Å². The fraction of sp³-hybridized carbons (Fsp3) is 0.126. The second kappa shape index (κ2) is 38.8. The number of ether oxygens (including phenoxy) is 3. The minimum absolute atomic E-state index is 0.0610. The molecule has 15 aromatic rings. The number of nitriles is 2. The van der Waals surface area contributed by atoms with Crippen LogP contribution in [0.4, 0.5) is 0 Å². The molecule has 1 N–H and O–H groups in total. The van der Waals surface area contributed by atoms with Crippen molar-refractivity contribution in [2.24, 2.45) is 30.7 Å². The third kappa shape index (κ3) is 19.4. The van der Waals surface area contributed by atoms with Gasteiger partial charge in [-0.15, -0.1) is 5.10 Å². The first kappa shape index (κ1) is 84.2. The lowest BCUT2D eigenvalue weighted by Crippen LogP contribution is -2.27. The van der Waals surface area contributed by atoms with Gasteiger partial charge in [0.25, 0.3) is 17.1 Å². The van der Waals surface area contributed by atoms with Gasteiger partial charge in [-0.25, -0.2) is 24.1 Å². The van der Waals surface area contributed by atoms with E-state index in [0.717, 1.165) is 147 Å². The van der Waals surface area contributed by atoms with Crippen LogP contribution < -0.4 is 19.6 Å². The van der Waals surface area contributed by atoms with Crippen LogP contribution in [0.15, 0.2) is 359 Å². The summed E-state index contributed by atoms with van der Waals surface area (Å²) in [4.78, 5) is 38.9. The summed E-state index contributed by atoms with van der Waals surface area (Å²) in [6.07, 6.45) is 7.94. The molecule has 0 saturated heterocycles. The molecule has 23 nitrogen and oxygen atoms in total. The van der Waals surface area contributed by atoms with Gasteiger partial charge in [0.2, 0.25) is 0 Å². The fourth-order valence-electron chi connectivity index (χ4n) is 15.1. The molecule has 7 heterocycles. The van der Waals surface area contributed by atoms with Gasteiger partial charge in [0.1, 0.15) is 23.8 Å². The Balaban J connectivity index is 0.000000133. The van der Waals surface area contributed by atoms with Gasteiger partial charge in [-0.05, 0) is 206 Å². The Kier molecular flexibility index (Phi) is 25.7. The van der Waals surface area contributed by atoms with Crippen molar-refractivity contribution in [2.45, 2.75) is 58.2 Å². The summed E-state index contributed by atoms with van der Waals surface area (Å²) in [6, 6.07) is 102. The zero-order valence-corrected chi connectivity index (χ0v) is 71.0. The van der Waals surface area contributed by atoms with Gasteiger partial charge < -0.3 is 19.6 Å². The monoisotopic (exact) mass is 1690 g/mol. The van der Waals surface area contributed by atoms with Crippen molar-refractivity contribution in [1.82, 2.24) is 44.8 Å². The topological polar surface area (TPSA) is 273 Å². The Labute approximate surface area is 739 Å². The summed E-state index contributed by atoms with van der Waals surface area (Å²) in [5.74, 6) is 1.86. The Hall–Kier alpha value is -16.4. The third-order valence-corrected chi connectivity index (χ3v) is 22.2. The van der Waals surface area contributed by atoms with Gasteiger partial charge in [-0.2, -0.15) is 46.2 Å².